The van der Waals surface area contributed by atoms with Crippen LogP contribution in [-0.4, -0.2) is 67.1 Å². The van der Waals surface area contributed by atoms with E-state index < -0.39 is 23.8 Å². The maximum atomic E-state index is 12.5. The van der Waals surface area contributed by atoms with Crippen molar-refractivity contribution in [2.75, 3.05) is 33.7 Å². The number of hydrogen-bond donors (Lipinski definition) is 1. The van der Waals surface area contributed by atoms with Crippen LogP contribution in [0, 0.1) is 5.92 Å². The van der Waals surface area contributed by atoms with E-state index in [2.05, 4.69) is 10.3 Å². The summed E-state index contributed by atoms with van der Waals surface area (Å²) in [5, 5.41) is 2.27. The molecule has 1 atom stereocenters. The van der Waals surface area contributed by atoms with Gasteiger partial charge in [0.1, 0.15) is 0 Å². The standard InChI is InChI=1S/C15H26N4O3/c1-5-7-9-19-14(21)12(13(20)17-15(19)22)11(6-2)16-8-10-18(3)4/h12H,5-10H2,1-4H3,(H,17,20,22)/t12-/m0/s1. The van der Waals surface area contributed by atoms with Crippen LogP contribution in [0.5, 0.6) is 0 Å². The fourth-order valence-corrected chi connectivity index (χ4v) is 2.24. The van der Waals surface area contributed by atoms with Crippen molar-refractivity contribution in [2.45, 2.75) is 33.1 Å². The topological polar surface area (TPSA) is 82.1 Å². The molecule has 4 amide bonds. The van der Waals surface area contributed by atoms with Crippen LogP contribution in [0.2, 0.25) is 0 Å². The second-order valence-corrected chi connectivity index (χ2v) is 5.60. The van der Waals surface area contributed by atoms with Gasteiger partial charge in [0, 0.05) is 18.8 Å². The van der Waals surface area contributed by atoms with Gasteiger partial charge in [0.2, 0.25) is 11.8 Å². The Bertz CT molecular complexity index is 460. The van der Waals surface area contributed by atoms with E-state index in [9.17, 15) is 14.4 Å². The van der Waals surface area contributed by atoms with E-state index in [1.165, 1.54) is 0 Å². The third-order valence-electron chi connectivity index (χ3n) is 3.54. The Morgan fingerprint density at radius 3 is 2.50 bits per heavy atom. The molecule has 1 aliphatic heterocycles. The van der Waals surface area contributed by atoms with Gasteiger partial charge in [0.25, 0.3) is 0 Å². The second kappa shape index (κ2) is 8.63. The van der Waals surface area contributed by atoms with Crippen molar-refractivity contribution in [1.29, 1.82) is 0 Å². The molecule has 1 aliphatic rings. The fraction of sp³-hybridized carbons (Fsp3) is 0.733. The number of barbiturate groups is 1. The van der Waals surface area contributed by atoms with Gasteiger partial charge in [-0.1, -0.05) is 20.3 Å². The van der Waals surface area contributed by atoms with Crippen molar-refractivity contribution in [3.05, 3.63) is 0 Å². The van der Waals surface area contributed by atoms with Crippen LogP contribution in [0.4, 0.5) is 4.79 Å². The number of urea groups is 1. The van der Waals surface area contributed by atoms with Crippen LogP contribution in [0.1, 0.15) is 33.1 Å². The smallest absolute Gasteiger partial charge is 0.308 e. The van der Waals surface area contributed by atoms with Crippen molar-refractivity contribution >= 4 is 23.6 Å². The number of nitrogens with one attached hydrogen (secondary N) is 1. The monoisotopic (exact) mass is 310 g/mol. The summed E-state index contributed by atoms with van der Waals surface area (Å²) in [6.45, 7) is 5.44. The zero-order valence-electron chi connectivity index (χ0n) is 13.9. The normalized spacial score (nSPS) is 19.9. The molecule has 1 fully saturated rings. The van der Waals surface area contributed by atoms with Gasteiger partial charge < -0.3 is 4.90 Å². The highest BCUT2D eigenvalue weighted by Gasteiger charge is 2.42. The molecule has 0 unspecified atom stereocenters. The predicted octanol–water partition coefficient (Wildman–Crippen LogP) is 0.894. The zero-order chi connectivity index (χ0) is 16.7. The summed E-state index contributed by atoms with van der Waals surface area (Å²) in [6, 6.07) is -0.622. The van der Waals surface area contributed by atoms with Crippen molar-refractivity contribution in [3.8, 4) is 0 Å². The summed E-state index contributed by atoms with van der Waals surface area (Å²) in [7, 11) is 3.87. The molecule has 22 heavy (non-hydrogen) atoms. The molecule has 1 saturated heterocycles. The molecule has 1 rings (SSSR count). The number of rotatable bonds is 8. The summed E-state index contributed by atoms with van der Waals surface area (Å²) in [5.74, 6) is -1.98. The Labute approximate surface area is 131 Å². The lowest BCUT2D eigenvalue weighted by Crippen LogP contribution is -2.60. The summed E-state index contributed by atoms with van der Waals surface area (Å²) < 4.78 is 0. The molecule has 0 aromatic heterocycles. The SMILES string of the molecule is CCCCN1C(=O)NC(=O)[C@H](C(CC)=NCCN(C)C)C1=O. The van der Waals surface area contributed by atoms with E-state index in [4.69, 9.17) is 0 Å². The number of aliphatic imine (C=N–C) groups is 1. The Morgan fingerprint density at radius 1 is 1.27 bits per heavy atom. The number of hydrogen-bond acceptors (Lipinski definition) is 5. The first-order valence-corrected chi connectivity index (χ1v) is 7.76. The molecular weight excluding hydrogens is 284 g/mol. The lowest BCUT2D eigenvalue weighted by atomic mass is 9.96. The highest BCUT2D eigenvalue weighted by Crippen LogP contribution is 2.15. The van der Waals surface area contributed by atoms with Crippen LogP contribution >= 0.6 is 0 Å². The van der Waals surface area contributed by atoms with Gasteiger partial charge in [-0.05, 0) is 26.9 Å². The highest BCUT2D eigenvalue weighted by molar-refractivity contribution is 6.27. The van der Waals surface area contributed by atoms with Crippen LogP contribution < -0.4 is 5.32 Å². The van der Waals surface area contributed by atoms with Crippen LogP contribution in [0.25, 0.3) is 0 Å². The first-order chi connectivity index (χ1) is 10.4. The summed E-state index contributed by atoms with van der Waals surface area (Å²) in [6.07, 6.45) is 2.10. The number of carbonyl (C=O) groups excluding carboxylic acids is 3. The second-order valence-electron chi connectivity index (χ2n) is 5.60. The Kier molecular flexibility index (Phi) is 7.17. The first kappa shape index (κ1) is 18.3. The van der Waals surface area contributed by atoms with E-state index in [0.717, 1.165) is 24.3 Å². The third kappa shape index (κ3) is 4.62. The van der Waals surface area contributed by atoms with E-state index in [-0.39, 0.29) is 0 Å². The molecule has 1 N–H and O–H groups in total. The molecule has 0 bridgehead atoms. The van der Waals surface area contributed by atoms with Gasteiger partial charge in [0.15, 0.2) is 5.92 Å². The van der Waals surface area contributed by atoms with Gasteiger partial charge in [0.05, 0.1) is 6.54 Å². The first-order valence-electron chi connectivity index (χ1n) is 7.76. The molecule has 124 valence electrons. The van der Waals surface area contributed by atoms with Gasteiger partial charge >= 0.3 is 6.03 Å². The molecule has 0 saturated carbocycles. The Balaban J connectivity index is 2.90. The lowest BCUT2D eigenvalue weighted by Gasteiger charge is -2.30. The number of nitrogens with zero attached hydrogens (tertiary/aromatic N) is 3. The largest absolute Gasteiger partial charge is 0.330 e. The van der Waals surface area contributed by atoms with E-state index in [0.29, 0.717) is 25.2 Å². The van der Waals surface area contributed by atoms with Crippen LogP contribution in [0.3, 0.4) is 0 Å². The number of likely N-dealkylation sites (N-methyl/N-ethyl adjacent to an activating group) is 1. The average molecular weight is 310 g/mol. The summed E-state index contributed by atoms with van der Waals surface area (Å²) >= 11 is 0. The van der Waals surface area contributed by atoms with E-state index >= 15 is 0 Å². The van der Waals surface area contributed by atoms with Gasteiger partial charge in [-0.15, -0.1) is 0 Å². The Morgan fingerprint density at radius 2 is 1.95 bits per heavy atom. The fourth-order valence-electron chi connectivity index (χ4n) is 2.24. The van der Waals surface area contributed by atoms with Crippen molar-refractivity contribution in [3.63, 3.8) is 0 Å². The minimum Gasteiger partial charge on any atom is -0.308 e. The zero-order valence-corrected chi connectivity index (χ0v) is 13.9. The lowest BCUT2D eigenvalue weighted by molar-refractivity contribution is -0.139. The van der Waals surface area contributed by atoms with Crippen LogP contribution in [0.15, 0.2) is 4.99 Å². The number of unbranched alkanes of at least 4 members (excludes halogenated alkanes) is 1. The van der Waals surface area contributed by atoms with Crippen LogP contribution in [-0.2, 0) is 9.59 Å². The van der Waals surface area contributed by atoms with Gasteiger partial charge in [-0.25, -0.2) is 4.79 Å². The maximum Gasteiger partial charge on any atom is 0.330 e. The maximum absolute atomic E-state index is 12.5. The van der Waals surface area contributed by atoms with Crippen molar-refractivity contribution < 1.29 is 14.4 Å². The summed E-state index contributed by atoms with van der Waals surface area (Å²) in [4.78, 5) is 43.9. The molecule has 7 nitrogen and oxygen atoms in total. The van der Waals surface area contributed by atoms with Gasteiger partial charge in [-0.2, -0.15) is 0 Å². The molecule has 0 aromatic carbocycles. The van der Waals surface area contributed by atoms with Crippen molar-refractivity contribution in [2.24, 2.45) is 10.9 Å². The quantitative estimate of drug-likeness (QED) is 0.533. The third-order valence-corrected chi connectivity index (χ3v) is 3.54. The molecule has 1 heterocycles. The molecular formula is C15H26N4O3. The number of imide groups is 2. The molecule has 0 aromatic rings. The van der Waals surface area contributed by atoms with E-state index in [1.54, 1.807) is 0 Å². The average Bonchev–Trinajstić information content (AvgIpc) is 2.44. The molecule has 7 heteroatoms. The number of amides is 4. The molecule has 0 aliphatic carbocycles. The minimum absolute atomic E-state index is 0.333. The highest BCUT2D eigenvalue weighted by atomic mass is 16.2. The molecule has 0 radical (unpaired) electrons. The van der Waals surface area contributed by atoms with Gasteiger partial charge in [-0.3, -0.25) is 24.8 Å². The van der Waals surface area contributed by atoms with E-state index in [1.807, 2.05) is 32.8 Å². The predicted molar refractivity (Wildman–Crippen MR) is 84.8 cm³/mol. The minimum atomic E-state index is -0.971. The van der Waals surface area contributed by atoms with Crippen molar-refractivity contribution in [1.82, 2.24) is 15.1 Å². The Hall–Kier alpha value is -1.76. The molecule has 0 spiro atoms. The number of carbonyl (C=O) groups is 3. The summed E-state index contributed by atoms with van der Waals surface area (Å²) in [5.41, 5.74) is 0.540.